The average molecular weight is 481 g/mol. The summed E-state index contributed by atoms with van der Waals surface area (Å²) in [5.41, 5.74) is -0.803. The average Bonchev–Trinajstić information content (AvgIpc) is 2.77. The van der Waals surface area contributed by atoms with E-state index in [9.17, 15) is 36.9 Å². The fourth-order valence-corrected chi connectivity index (χ4v) is 3.95. The molecule has 14 heteroatoms. The third-order valence-corrected chi connectivity index (χ3v) is 5.68. The minimum absolute atomic E-state index is 0.0575. The normalized spacial score (nSPS) is 21.7. The first kappa shape index (κ1) is 24.9. The zero-order valence-corrected chi connectivity index (χ0v) is 17.5. The molecule has 2 heterocycles. The Hall–Kier alpha value is -2.77. The van der Waals surface area contributed by atoms with E-state index < -0.39 is 53.4 Å². The van der Waals surface area contributed by atoms with Gasteiger partial charge in [-0.2, -0.15) is 13.2 Å². The van der Waals surface area contributed by atoms with Gasteiger partial charge in [-0.25, -0.2) is 13.8 Å². The SMILES string of the molecule is O=C(N[C@H]1CC[C@H](C(F)(F)F)CC1)c1cc([N+](=O)[O-])c(NCC(F)F)nc1N1CCOCC1. The van der Waals surface area contributed by atoms with Crippen molar-refractivity contribution in [1.82, 2.24) is 10.3 Å². The second-order valence-electron chi connectivity index (χ2n) is 7.92. The summed E-state index contributed by atoms with van der Waals surface area (Å²) in [5, 5.41) is 16.4. The van der Waals surface area contributed by atoms with E-state index >= 15 is 0 Å². The summed E-state index contributed by atoms with van der Waals surface area (Å²) in [7, 11) is 0. The number of amides is 1. The Morgan fingerprint density at radius 3 is 2.42 bits per heavy atom. The van der Waals surface area contributed by atoms with Crippen LogP contribution in [-0.4, -0.2) is 67.3 Å². The molecule has 1 amide bonds. The van der Waals surface area contributed by atoms with E-state index in [1.54, 1.807) is 4.90 Å². The quantitative estimate of drug-likeness (QED) is 0.349. The molecule has 2 aliphatic rings. The predicted octanol–water partition coefficient (Wildman–Crippen LogP) is 3.35. The van der Waals surface area contributed by atoms with Crippen LogP contribution in [0.1, 0.15) is 36.0 Å². The number of pyridine rings is 1. The van der Waals surface area contributed by atoms with Gasteiger partial charge in [0, 0.05) is 25.2 Å². The fraction of sp³-hybridized carbons (Fsp3) is 0.684. The lowest BCUT2D eigenvalue weighted by Gasteiger charge is -2.32. The molecular weight excluding hydrogens is 457 g/mol. The Balaban J connectivity index is 1.86. The highest BCUT2D eigenvalue weighted by Crippen LogP contribution is 2.38. The summed E-state index contributed by atoms with van der Waals surface area (Å²) in [6.45, 7) is 0.373. The fourth-order valence-electron chi connectivity index (χ4n) is 3.95. The number of ether oxygens (including phenoxy) is 1. The first-order chi connectivity index (χ1) is 15.6. The maximum atomic E-state index is 13.0. The van der Waals surface area contributed by atoms with Gasteiger partial charge in [-0.15, -0.1) is 0 Å². The summed E-state index contributed by atoms with van der Waals surface area (Å²) < 4.78 is 69.3. The number of rotatable bonds is 7. The number of hydrogen-bond donors (Lipinski definition) is 2. The Morgan fingerprint density at radius 1 is 1.24 bits per heavy atom. The molecule has 33 heavy (non-hydrogen) atoms. The third kappa shape index (κ3) is 6.39. The molecule has 1 aromatic rings. The second kappa shape index (κ2) is 10.4. The molecule has 1 saturated heterocycles. The lowest BCUT2D eigenvalue weighted by atomic mass is 9.85. The number of alkyl halides is 5. The second-order valence-corrected chi connectivity index (χ2v) is 7.92. The first-order valence-electron chi connectivity index (χ1n) is 10.5. The Labute approximate surface area is 185 Å². The molecule has 0 aromatic carbocycles. The highest BCUT2D eigenvalue weighted by atomic mass is 19.4. The number of halogens is 5. The number of carbonyl (C=O) groups is 1. The van der Waals surface area contributed by atoms with Crippen LogP contribution in [0.15, 0.2) is 6.07 Å². The van der Waals surface area contributed by atoms with Crippen LogP contribution < -0.4 is 15.5 Å². The monoisotopic (exact) mass is 481 g/mol. The van der Waals surface area contributed by atoms with Crippen molar-refractivity contribution in [3.8, 4) is 0 Å². The molecule has 184 valence electrons. The molecule has 1 aliphatic carbocycles. The number of carbonyl (C=O) groups excluding carboxylic acids is 1. The van der Waals surface area contributed by atoms with Crippen molar-refractivity contribution in [1.29, 1.82) is 0 Å². The Bertz CT molecular complexity index is 856. The van der Waals surface area contributed by atoms with Gasteiger partial charge in [0.2, 0.25) is 5.82 Å². The number of aromatic nitrogens is 1. The van der Waals surface area contributed by atoms with E-state index in [2.05, 4.69) is 15.6 Å². The molecule has 0 radical (unpaired) electrons. The van der Waals surface area contributed by atoms with Gasteiger partial charge in [0.15, 0.2) is 0 Å². The van der Waals surface area contributed by atoms with Crippen LogP contribution >= 0.6 is 0 Å². The molecule has 2 fully saturated rings. The van der Waals surface area contributed by atoms with E-state index in [0.717, 1.165) is 6.07 Å². The zero-order valence-electron chi connectivity index (χ0n) is 17.5. The van der Waals surface area contributed by atoms with Crippen molar-refractivity contribution in [2.45, 2.75) is 44.3 Å². The van der Waals surface area contributed by atoms with Crippen molar-refractivity contribution in [2.75, 3.05) is 43.1 Å². The molecule has 0 spiro atoms. The van der Waals surface area contributed by atoms with Crippen molar-refractivity contribution in [2.24, 2.45) is 5.92 Å². The molecule has 1 aromatic heterocycles. The number of nitrogens with zero attached hydrogens (tertiary/aromatic N) is 3. The van der Waals surface area contributed by atoms with Crippen molar-refractivity contribution in [3.05, 3.63) is 21.7 Å². The van der Waals surface area contributed by atoms with E-state index in [1.165, 1.54) is 0 Å². The smallest absolute Gasteiger partial charge is 0.378 e. The van der Waals surface area contributed by atoms with E-state index in [-0.39, 0.29) is 37.1 Å². The standard InChI is InChI=1S/C19H24F5N5O4/c20-15(21)10-25-16-14(29(31)32)9-13(17(27-16)28-5-7-33-8-6-28)18(30)26-12-3-1-11(2-4-12)19(22,23)24/h9,11-12,15H,1-8,10H2,(H,25,27)(H,26,30)/t11-,12-. The molecule has 0 bridgehead atoms. The van der Waals surface area contributed by atoms with Crippen molar-refractivity contribution >= 4 is 23.2 Å². The maximum absolute atomic E-state index is 13.0. The van der Waals surface area contributed by atoms with Gasteiger partial charge in [0.25, 0.3) is 12.3 Å². The first-order valence-corrected chi connectivity index (χ1v) is 10.5. The zero-order chi connectivity index (χ0) is 24.2. The summed E-state index contributed by atoms with van der Waals surface area (Å²) in [5.74, 6) is -2.48. The van der Waals surface area contributed by atoms with Gasteiger partial charge in [-0.05, 0) is 25.7 Å². The Kier molecular flexibility index (Phi) is 7.87. The largest absolute Gasteiger partial charge is 0.391 e. The van der Waals surface area contributed by atoms with Gasteiger partial charge in [0.1, 0.15) is 5.82 Å². The number of nitrogens with one attached hydrogen (secondary N) is 2. The highest BCUT2D eigenvalue weighted by molar-refractivity contribution is 6.00. The van der Waals surface area contributed by atoms with Crippen LogP contribution in [0.5, 0.6) is 0 Å². The molecule has 3 rings (SSSR count). The lowest BCUT2D eigenvalue weighted by Crippen LogP contribution is -2.42. The van der Waals surface area contributed by atoms with Crippen LogP contribution in [0.3, 0.4) is 0 Å². The lowest BCUT2D eigenvalue weighted by molar-refractivity contribution is -0.384. The molecule has 0 unspecified atom stereocenters. The van der Waals surface area contributed by atoms with Crippen LogP contribution in [-0.2, 0) is 4.74 Å². The molecule has 9 nitrogen and oxygen atoms in total. The van der Waals surface area contributed by atoms with Crippen LogP contribution in [0.2, 0.25) is 0 Å². The van der Waals surface area contributed by atoms with E-state index in [0.29, 0.717) is 26.3 Å². The minimum Gasteiger partial charge on any atom is -0.378 e. The third-order valence-electron chi connectivity index (χ3n) is 5.68. The van der Waals surface area contributed by atoms with Crippen molar-refractivity contribution in [3.63, 3.8) is 0 Å². The van der Waals surface area contributed by atoms with Gasteiger partial charge in [-0.3, -0.25) is 14.9 Å². The summed E-state index contributed by atoms with van der Waals surface area (Å²) in [6.07, 6.45) is -7.09. The summed E-state index contributed by atoms with van der Waals surface area (Å²) in [6, 6.07) is 0.437. The van der Waals surface area contributed by atoms with E-state index in [1.807, 2.05) is 0 Å². The predicted molar refractivity (Wildman–Crippen MR) is 108 cm³/mol. The van der Waals surface area contributed by atoms with Gasteiger partial charge in [0.05, 0.1) is 36.2 Å². The van der Waals surface area contributed by atoms with Gasteiger partial charge < -0.3 is 20.3 Å². The topological polar surface area (TPSA) is 110 Å². The van der Waals surface area contributed by atoms with E-state index in [4.69, 9.17) is 4.74 Å². The Morgan fingerprint density at radius 2 is 1.88 bits per heavy atom. The molecular formula is C19H24F5N5O4. The molecule has 2 N–H and O–H groups in total. The molecule has 1 saturated carbocycles. The number of anilines is 2. The number of nitro groups is 1. The van der Waals surface area contributed by atoms with Crippen LogP contribution in [0.25, 0.3) is 0 Å². The van der Waals surface area contributed by atoms with Gasteiger partial charge in [-0.1, -0.05) is 0 Å². The van der Waals surface area contributed by atoms with Crippen molar-refractivity contribution < 1.29 is 36.4 Å². The van der Waals surface area contributed by atoms with Crippen LogP contribution in [0, 0.1) is 16.0 Å². The van der Waals surface area contributed by atoms with Gasteiger partial charge >= 0.3 is 11.9 Å². The summed E-state index contributed by atoms with van der Waals surface area (Å²) in [4.78, 5) is 29.5. The van der Waals surface area contributed by atoms with Crippen LogP contribution in [0.4, 0.5) is 39.3 Å². The number of hydrogen-bond acceptors (Lipinski definition) is 7. The summed E-state index contributed by atoms with van der Waals surface area (Å²) >= 11 is 0. The maximum Gasteiger partial charge on any atom is 0.391 e. The minimum atomic E-state index is -4.29. The molecule has 1 aliphatic heterocycles. The number of morpholine rings is 1. The molecule has 0 atom stereocenters. The highest BCUT2D eigenvalue weighted by Gasteiger charge is 2.41.